The summed E-state index contributed by atoms with van der Waals surface area (Å²) in [6, 6.07) is 15.9. The molecule has 0 radical (unpaired) electrons. The van der Waals surface area contributed by atoms with Gasteiger partial charge in [-0.1, -0.05) is 48.5 Å². The molecule has 0 aliphatic carbocycles. The van der Waals surface area contributed by atoms with E-state index in [9.17, 15) is 13.2 Å². The third-order valence-corrected chi connectivity index (χ3v) is 6.69. The minimum atomic E-state index is -3.68. The van der Waals surface area contributed by atoms with E-state index >= 15 is 0 Å². The lowest BCUT2D eigenvalue weighted by Gasteiger charge is -2.25. The molecule has 0 saturated carbocycles. The SMILES string of the molecule is Cc1cc(CCC(C)(C(=O)NO)S(C)(=O)=O)ccc1-c1ccccc1. The number of rotatable bonds is 6. The maximum absolute atomic E-state index is 12.0. The van der Waals surface area contributed by atoms with Gasteiger partial charge in [-0.25, -0.2) is 13.9 Å². The smallest absolute Gasteiger partial charge is 0.264 e. The third kappa shape index (κ3) is 4.08. The lowest BCUT2D eigenvalue weighted by Crippen LogP contribution is -2.49. The lowest BCUT2D eigenvalue weighted by atomic mass is 9.94. The van der Waals surface area contributed by atoms with Gasteiger partial charge < -0.3 is 0 Å². The Balaban J connectivity index is 2.24. The van der Waals surface area contributed by atoms with Crippen LogP contribution in [0.4, 0.5) is 0 Å². The first-order chi connectivity index (χ1) is 11.7. The zero-order chi connectivity index (χ0) is 18.7. The summed E-state index contributed by atoms with van der Waals surface area (Å²) < 4.78 is 22.3. The minimum absolute atomic E-state index is 0.0857. The van der Waals surface area contributed by atoms with Gasteiger partial charge in [0.1, 0.15) is 4.75 Å². The Hall–Kier alpha value is -2.18. The highest BCUT2D eigenvalue weighted by Crippen LogP contribution is 2.27. The van der Waals surface area contributed by atoms with E-state index in [1.165, 1.54) is 12.4 Å². The lowest BCUT2D eigenvalue weighted by molar-refractivity contribution is -0.131. The van der Waals surface area contributed by atoms with Crippen molar-refractivity contribution in [3.8, 4) is 11.1 Å². The molecule has 2 aromatic carbocycles. The number of carbonyl (C=O) groups is 1. The average Bonchev–Trinajstić information content (AvgIpc) is 2.58. The molecule has 1 amide bonds. The summed E-state index contributed by atoms with van der Waals surface area (Å²) in [6.45, 7) is 3.33. The number of amides is 1. The minimum Gasteiger partial charge on any atom is -0.289 e. The largest absolute Gasteiger partial charge is 0.289 e. The van der Waals surface area contributed by atoms with Crippen LogP contribution in [0.2, 0.25) is 0 Å². The molecule has 6 heteroatoms. The molecule has 1 unspecified atom stereocenters. The number of hydrogen-bond donors (Lipinski definition) is 2. The molecule has 2 N–H and O–H groups in total. The van der Waals surface area contributed by atoms with Gasteiger partial charge in [-0.05, 0) is 48.9 Å². The molecule has 5 nitrogen and oxygen atoms in total. The molecule has 2 rings (SSSR count). The summed E-state index contributed by atoms with van der Waals surface area (Å²) in [5, 5.41) is 8.87. The molecule has 2 aromatic rings. The van der Waals surface area contributed by atoms with Crippen molar-refractivity contribution < 1.29 is 18.4 Å². The second-order valence-corrected chi connectivity index (χ2v) is 8.90. The number of carbonyl (C=O) groups excluding carboxylic acids is 1. The molecule has 1 atom stereocenters. The van der Waals surface area contributed by atoms with Crippen molar-refractivity contribution >= 4 is 15.7 Å². The standard InChI is InChI=1S/C19H23NO4S/c1-14-13-15(9-10-17(14)16-7-5-4-6-8-16)11-12-19(2,18(21)20-22)25(3,23)24/h4-10,13,22H,11-12H2,1-3H3,(H,20,21). The Morgan fingerprint density at radius 2 is 1.80 bits per heavy atom. The fourth-order valence-electron chi connectivity index (χ4n) is 2.79. The van der Waals surface area contributed by atoms with Crippen LogP contribution in [0.1, 0.15) is 24.5 Å². The molecule has 0 fully saturated rings. The summed E-state index contributed by atoms with van der Waals surface area (Å²) in [6.07, 6.45) is 1.50. The van der Waals surface area contributed by atoms with Gasteiger partial charge >= 0.3 is 0 Å². The highest BCUT2D eigenvalue weighted by molar-refractivity contribution is 7.92. The number of benzene rings is 2. The van der Waals surface area contributed by atoms with Gasteiger partial charge in [0.15, 0.2) is 9.84 Å². The number of sulfone groups is 1. The third-order valence-electron chi connectivity index (χ3n) is 4.67. The predicted molar refractivity (Wildman–Crippen MR) is 98.1 cm³/mol. The Labute approximate surface area is 148 Å². The van der Waals surface area contributed by atoms with Crippen molar-refractivity contribution in [2.45, 2.75) is 31.4 Å². The number of hydrogen-bond acceptors (Lipinski definition) is 4. The Kier molecular flexibility index (Phi) is 5.65. The van der Waals surface area contributed by atoms with Crippen LogP contribution < -0.4 is 5.48 Å². The molecule has 25 heavy (non-hydrogen) atoms. The summed E-state index contributed by atoms with van der Waals surface area (Å²) in [5.74, 6) is -0.910. The quantitative estimate of drug-likeness (QED) is 0.612. The van der Waals surface area contributed by atoms with Gasteiger partial charge in [0, 0.05) is 6.26 Å². The van der Waals surface area contributed by atoms with E-state index in [-0.39, 0.29) is 6.42 Å². The van der Waals surface area contributed by atoms with Crippen LogP contribution in [0.5, 0.6) is 0 Å². The molecular weight excluding hydrogens is 338 g/mol. The van der Waals surface area contributed by atoms with Gasteiger partial charge in [-0.2, -0.15) is 0 Å². The van der Waals surface area contributed by atoms with E-state index in [0.717, 1.165) is 28.5 Å². The normalized spacial score (nSPS) is 13.9. The van der Waals surface area contributed by atoms with Crippen molar-refractivity contribution in [1.29, 1.82) is 0 Å². The average molecular weight is 361 g/mol. The Morgan fingerprint density at radius 1 is 1.16 bits per heavy atom. The van der Waals surface area contributed by atoms with Gasteiger partial charge in [0.25, 0.3) is 5.91 Å². The van der Waals surface area contributed by atoms with Crippen LogP contribution in [0.15, 0.2) is 48.5 Å². The molecule has 0 aliphatic heterocycles. The number of nitrogens with one attached hydrogen (secondary N) is 1. The van der Waals surface area contributed by atoms with E-state index in [1.807, 2.05) is 55.5 Å². The predicted octanol–water partition coefficient (Wildman–Crippen LogP) is 2.90. The second-order valence-electron chi connectivity index (χ2n) is 6.46. The van der Waals surface area contributed by atoms with E-state index < -0.39 is 20.5 Å². The van der Waals surface area contributed by atoms with Gasteiger partial charge in [-0.15, -0.1) is 0 Å². The molecular formula is C19H23NO4S. The van der Waals surface area contributed by atoms with Crippen molar-refractivity contribution in [3.63, 3.8) is 0 Å². The molecule has 0 spiro atoms. The maximum atomic E-state index is 12.0. The molecule has 0 bridgehead atoms. The molecule has 134 valence electrons. The molecule has 0 heterocycles. The van der Waals surface area contributed by atoms with Gasteiger partial charge in [0.05, 0.1) is 0 Å². The van der Waals surface area contributed by atoms with Crippen molar-refractivity contribution in [3.05, 3.63) is 59.7 Å². The van der Waals surface area contributed by atoms with Crippen LogP contribution in [-0.4, -0.2) is 30.5 Å². The summed E-state index contributed by atoms with van der Waals surface area (Å²) in [5.41, 5.74) is 5.73. The van der Waals surface area contributed by atoms with Crippen molar-refractivity contribution in [1.82, 2.24) is 5.48 Å². The summed E-state index contributed by atoms with van der Waals surface area (Å²) >= 11 is 0. The van der Waals surface area contributed by atoms with Gasteiger partial charge in [0.2, 0.25) is 0 Å². The number of hydroxylamine groups is 1. The van der Waals surface area contributed by atoms with E-state index in [2.05, 4.69) is 0 Å². The van der Waals surface area contributed by atoms with E-state index in [1.54, 1.807) is 0 Å². The first-order valence-corrected chi connectivity index (χ1v) is 9.87. The first kappa shape index (κ1) is 19.1. The second kappa shape index (κ2) is 7.37. The van der Waals surface area contributed by atoms with E-state index in [4.69, 9.17) is 5.21 Å². The van der Waals surface area contributed by atoms with E-state index in [0.29, 0.717) is 6.42 Å². The number of aryl methyl sites for hydroxylation is 2. The highest BCUT2D eigenvalue weighted by Gasteiger charge is 2.43. The fraction of sp³-hybridized carbons (Fsp3) is 0.316. The highest BCUT2D eigenvalue weighted by atomic mass is 32.2. The summed E-state index contributed by atoms with van der Waals surface area (Å²) in [4.78, 5) is 11.9. The fourth-order valence-corrected chi connectivity index (χ4v) is 3.65. The van der Waals surface area contributed by atoms with Crippen molar-refractivity contribution in [2.75, 3.05) is 6.26 Å². The molecule has 0 aromatic heterocycles. The van der Waals surface area contributed by atoms with Crippen molar-refractivity contribution in [2.24, 2.45) is 0 Å². The maximum Gasteiger partial charge on any atom is 0.264 e. The molecule has 0 aliphatic rings. The zero-order valence-electron chi connectivity index (χ0n) is 14.6. The Bertz CT molecular complexity index is 862. The van der Waals surface area contributed by atoms with Crippen LogP contribution in [0, 0.1) is 6.92 Å². The topological polar surface area (TPSA) is 83.5 Å². The Morgan fingerprint density at radius 3 is 2.32 bits per heavy atom. The van der Waals surface area contributed by atoms with Crippen LogP contribution in [-0.2, 0) is 21.1 Å². The first-order valence-electron chi connectivity index (χ1n) is 7.98. The van der Waals surface area contributed by atoms with Crippen LogP contribution in [0.25, 0.3) is 11.1 Å². The van der Waals surface area contributed by atoms with Crippen LogP contribution in [0.3, 0.4) is 0 Å². The van der Waals surface area contributed by atoms with Crippen LogP contribution >= 0.6 is 0 Å². The monoisotopic (exact) mass is 361 g/mol. The van der Waals surface area contributed by atoms with Gasteiger partial charge in [-0.3, -0.25) is 10.0 Å². The zero-order valence-corrected chi connectivity index (χ0v) is 15.4. The molecule has 0 saturated heterocycles. The summed E-state index contributed by atoms with van der Waals surface area (Å²) in [7, 11) is -3.68.